The summed E-state index contributed by atoms with van der Waals surface area (Å²) in [6, 6.07) is 28.1. The number of hydrogen-bond acceptors (Lipinski definition) is 5. The number of carbonyl (C=O) groups is 1. The quantitative estimate of drug-likeness (QED) is 0.311. The highest BCUT2D eigenvalue weighted by atomic mass is 16.5. The lowest BCUT2D eigenvalue weighted by molar-refractivity contribution is 0.0934. The van der Waals surface area contributed by atoms with Crippen LogP contribution < -0.4 is 10.1 Å². The summed E-state index contributed by atoms with van der Waals surface area (Å²) in [5.74, 6) is 1.06. The molecule has 0 aliphatic carbocycles. The number of aromatic nitrogens is 1. The zero-order chi connectivity index (χ0) is 24.6. The highest BCUT2D eigenvalue weighted by Gasteiger charge is 2.22. The minimum Gasteiger partial charge on any atom is -0.496 e. The Labute approximate surface area is 206 Å². The smallest absolute Gasteiger partial charge is 0.273 e. The molecule has 4 aromatic rings. The predicted molar refractivity (Wildman–Crippen MR) is 136 cm³/mol. The van der Waals surface area contributed by atoms with Crippen molar-refractivity contribution in [2.45, 2.75) is 39.0 Å². The van der Waals surface area contributed by atoms with Crippen LogP contribution in [0.1, 0.15) is 59.0 Å². The lowest BCUT2D eigenvalue weighted by Gasteiger charge is -2.29. The van der Waals surface area contributed by atoms with Crippen molar-refractivity contribution in [3.63, 3.8) is 0 Å². The molecule has 2 atom stereocenters. The summed E-state index contributed by atoms with van der Waals surface area (Å²) in [4.78, 5) is 19.6. The summed E-state index contributed by atoms with van der Waals surface area (Å²) in [7, 11) is 1.68. The summed E-state index contributed by atoms with van der Waals surface area (Å²) in [5.41, 5.74) is 3.55. The Bertz CT molecular complexity index is 1220. The Hall–Kier alpha value is -3.90. The van der Waals surface area contributed by atoms with Gasteiger partial charge < -0.3 is 14.5 Å². The molecule has 0 unspecified atom stereocenters. The van der Waals surface area contributed by atoms with Gasteiger partial charge in [0.1, 0.15) is 12.0 Å². The maximum Gasteiger partial charge on any atom is 0.273 e. The van der Waals surface area contributed by atoms with Crippen LogP contribution in [0.3, 0.4) is 0 Å². The maximum atomic E-state index is 12.8. The van der Waals surface area contributed by atoms with Crippen LogP contribution >= 0.6 is 0 Å². The standard InChI is InChI=1S/C29H31N3O3/c1-21(23-12-6-4-7-13-23)30-29(33)26-20-35-28(31-26)19-32(22(2)24-14-8-5-9-15-24)18-25-16-10-11-17-27(25)34-3/h4-17,20-22H,18-19H2,1-3H3,(H,30,33)/t21-,22+/m0/s1. The van der Waals surface area contributed by atoms with Gasteiger partial charge in [0.2, 0.25) is 5.89 Å². The van der Waals surface area contributed by atoms with Crippen molar-refractivity contribution in [1.82, 2.24) is 15.2 Å². The van der Waals surface area contributed by atoms with E-state index in [4.69, 9.17) is 9.15 Å². The van der Waals surface area contributed by atoms with Crippen molar-refractivity contribution in [1.29, 1.82) is 0 Å². The van der Waals surface area contributed by atoms with Gasteiger partial charge in [0.05, 0.1) is 19.7 Å². The molecular formula is C29H31N3O3. The van der Waals surface area contributed by atoms with Crippen LogP contribution in [-0.4, -0.2) is 22.9 Å². The number of benzene rings is 3. The van der Waals surface area contributed by atoms with Gasteiger partial charge >= 0.3 is 0 Å². The predicted octanol–water partition coefficient (Wildman–Crippen LogP) is 5.94. The first-order valence-corrected chi connectivity index (χ1v) is 11.8. The van der Waals surface area contributed by atoms with Crippen LogP contribution in [0.5, 0.6) is 5.75 Å². The van der Waals surface area contributed by atoms with E-state index in [1.165, 1.54) is 11.8 Å². The van der Waals surface area contributed by atoms with Gasteiger partial charge in [-0.3, -0.25) is 9.69 Å². The normalized spacial score (nSPS) is 12.8. The first-order valence-electron chi connectivity index (χ1n) is 11.8. The molecule has 1 N–H and O–H groups in total. The SMILES string of the molecule is COc1ccccc1CN(Cc1nc(C(=O)N[C@@H](C)c2ccccc2)co1)[C@H](C)c1ccccc1. The average Bonchev–Trinajstić information content (AvgIpc) is 3.38. The zero-order valence-corrected chi connectivity index (χ0v) is 20.3. The topological polar surface area (TPSA) is 67.6 Å². The van der Waals surface area contributed by atoms with Crippen LogP contribution in [0.15, 0.2) is 95.6 Å². The lowest BCUT2D eigenvalue weighted by atomic mass is 10.1. The van der Waals surface area contributed by atoms with E-state index in [1.807, 2.05) is 73.7 Å². The number of methoxy groups -OCH3 is 1. The van der Waals surface area contributed by atoms with Crippen LogP contribution in [0.4, 0.5) is 0 Å². The highest BCUT2D eigenvalue weighted by molar-refractivity contribution is 5.92. The van der Waals surface area contributed by atoms with Gasteiger partial charge in [-0.05, 0) is 31.0 Å². The van der Waals surface area contributed by atoms with Crippen molar-refractivity contribution in [3.05, 3.63) is 119 Å². The van der Waals surface area contributed by atoms with Crippen molar-refractivity contribution in [2.75, 3.05) is 7.11 Å². The van der Waals surface area contributed by atoms with E-state index >= 15 is 0 Å². The van der Waals surface area contributed by atoms with Gasteiger partial charge in [-0.25, -0.2) is 4.98 Å². The zero-order valence-electron chi connectivity index (χ0n) is 20.3. The number of carbonyl (C=O) groups excluding carboxylic acids is 1. The number of hydrogen-bond donors (Lipinski definition) is 1. The first-order chi connectivity index (χ1) is 17.0. The van der Waals surface area contributed by atoms with Crippen molar-refractivity contribution >= 4 is 5.91 Å². The largest absolute Gasteiger partial charge is 0.496 e. The Morgan fingerprint density at radius 3 is 2.23 bits per heavy atom. The molecule has 6 heteroatoms. The second-order valence-electron chi connectivity index (χ2n) is 8.54. The van der Waals surface area contributed by atoms with Crippen LogP contribution in [0.2, 0.25) is 0 Å². The summed E-state index contributed by atoms with van der Waals surface area (Å²) in [6.07, 6.45) is 1.43. The minimum atomic E-state index is -0.260. The van der Waals surface area contributed by atoms with E-state index in [0.29, 0.717) is 19.0 Å². The molecule has 0 aliphatic heterocycles. The molecule has 1 amide bonds. The third kappa shape index (κ3) is 6.16. The molecule has 1 aromatic heterocycles. The average molecular weight is 470 g/mol. The van der Waals surface area contributed by atoms with Crippen LogP contribution in [0.25, 0.3) is 0 Å². The van der Waals surface area contributed by atoms with Crippen molar-refractivity contribution in [3.8, 4) is 5.75 Å². The first kappa shape index (κ1) is 24.2. The van der Waals surface area contributed by atoms with Crippen LogP contribution in [0, 0.1) is 0 Å². The fourth-order valence-electron chi connectivity index (χ4n) is 4.08. The minimum absolute atomic E-state index is 0.0865. The number of oxazole rings is 1. The van der Waals surface area contributed by atoms with Crippen molar-refractivity contribution < 1.29 is 13.9 Å². The Morgan fingerprint density at radius 2 is 1.54 bits per heavy atom. The Morgan fingerprint density at radius 1 is 0.914 bits per heavy atom. The molecule has 4 rings (SSSR count). The van der Waals surface area contributed by atoms with Gasteiger partial charge in [0.25, 0.3) is 5.91 Å². The third-order valence-corrected chi connectivity index (χ3v) is 6.17. The number of rotatable bonds is 10. The van der Waals surface area contributed by atoms with Gasteiger partial charge in [-0.2, -0.15) is 0 Å². The Kier molecular flexibility index (Phi) is 7.95. The van der Waals surface area contributed by atoms with Crippen molar-refractivity contribution in [2.24, 2.45) is 0 Å². The number of para-hydroxylation sites is 1. The van der Waals surface area contributed by atoms with Crippen LogP contribution in [-0.2, 0) is 13.1 Å². The fourth-order valence-corrected chi connectivity index (χ4v) is 4.08. The number of ether oxygens (including phenoxy) is 1. The summed E-state index contributed by atoms with van der Waals surface area (Å²) in [6.45, 7) is 5.18. The number of nitrogens with one attached hydrogen (secondary N) is 1. The van der Waals surface area contributed by atoms with E-state index < -0.39 is 0 Å². The van der Waals surface area contributed by atoms with Gasteiger partial charge in [0.15, 0.2) is 5.69 Å². The third-order valence-electron chi connectivity index (χ3n) is 6.17. The molecule has 35 heavy (non-hydrogen) atoms. The number of nitrogens with zero attached hydrogens (tertiary/aromatic N) is 2. The molecule has 0 spiro atoms. The lowest BCUT2D eigenvalue weighted by Crippen LogP contribution is -2.28. The molecule has 0 aliphatic rings. The molecule has 0 saturated carbocycles. The van der Waals surface area contributed by atoms with E-state index in [9.17, 15) is 4.79 Å². The molecule has 1 heterocycles. The van der Waals surface area contributed by atoms with Gasteiger partial charge in [0, 0.05) is 18.2 Å². The monoisotopic (exact) mass is 469 g/mol. The Balaban J connectivity index is 1.51. The second kappa shape index (κ2) is 11.5. The molecular weight excluding hydrogens is 438 g/mol. The fraction of sp³-hybridized carbons (Fsp3) is 0.241. The molecule has 180 valence electrons. The molecule has 3 aromatic carbocycles. The highest BCUT2D eigenvalue weighted by Crippen LogP contribution is 2.27. The van der Waals surface area contributed by atoms with Gasteiger partial charge in [-0.1, -0.05) is 78.9 Å². The van der Waals surface area contributed by atoms with E-state index in [-0.39, 0.29) is 23.7 Å². The maximum absolute atomic E-state index is 12.8. The second-order valence-corrected chi connectivity index (χ2v) is 8.54. The molecule has 0 radical (unpaired) electrons. The van der Waals surface area contributed by atoms with E-state index in [2.05, 4.69) is 40.3 Å². The summed E-state index contributed by atoms with van der Waals surface area (Å²) in [5, 5.41) is 2.99. The molecule has 0 saturated heterocycles. The summed E-state index contributed by atoms with van der Waals surface area (Å²) >= 11 is 0. The molecule has 0 fully saturated rings. The van der Waals surface area contributed by atoms with E-state index in [1.54, 1.807) is 7.11 Å². The molecule has 0 bridgehead atoms. The molecule has 6 nitrogen and oxygen atoms in total. The van der Waals surface area contributed by atoms with E-state index in [0.717, 1.165) is 16.9 Å². The number of amides is 1. The van der Waals surface area contributed by atoms with Gasteiger partial charge in [-0.15, -0.1) is 0 Å². The summed E-state index contributed by atoms with van der Waals surface area (Å²) < 4.78 is 11.3.